The zero-order valence-corrected chi connectivity index (χ0v) is 16.8. The summed E-state index contributed by atoms with van der Waals surface area (Å²) < 4.78 is 1.68. The van der Waals surface area contributed by atoms with Crippen LogP contribution in [-0.4, -0.2) is 69.6 Å². The number of anilines is 1. The number of pyridine rings is 1. The van der Waals surface area contributed by atoms with Crippen LogP contribution in [0.5, 0.6) is 0 Å². The minimum absolute atomic E-state index is 0.0736. The number of fused-ring (bicyclic) bond motifs is 2. The van der Waals surface area contributed by atoms with Crippen molar-refractivity contribution in [1.29, 1.82) is 0 Å². The van der Waals surface area contributed by atoms with E-state index in [1.807, 2.05) is 32.2 Å². The molecule has 150 valence electrons. The summed E-state index contributed by atoms with van der Waals surface area (Å²) in [5.41, 5.74) is 2.39. The van der Waals surface area contributed by atoms with Crippen LogP contribution in [-0.2, 0) is 18.3 Å². The summed E-state index contributed by atoms with van der Waals surface area (Å²) in [5.74, 6) is 0.618. The van der Waals surface area contributed by atoms with Crippen LogP contribution in [0.3, 0.4) is 0 Å². The quantitative estimate of drug-likeness (QED) is 0.805. The van der Waals surface area contributed by atoms with Crippen molar-refractivity contribution in [2.75, 3.05) is 38.5 Å². The molecule has 0 atom stereocenters. The van der Waals surface area contributed by atoms with Crippen LogP contribution < -0.4 is 5.32 Å². The van der Waals surface area contributed by atoms with E-state index in [9.17, 15) is 9.59 Å². The van der Waals surface area contributed by atoms with Crippen molar-refractivity contribution in [3.8, 4) is 0 Å². The molecule has 2 amide bonds. The van der Waals surface area contributed by atoms with Gasteiger partial charge in [-0.15, -0.1) is 0 Å². The molecule has 1 aliphatic heterocycles. The second-order valence-corrected chi connectivity index (χ2v) is 7.21. The summed E-state index contributed by atoms with van der Waals surface area (Å²) in [5, 5.41) is 7.43. The molecular weight excluding hydrogens is 356 g/mol. The predicted octanol–water partition coefficient (Wildman–Crippen LogP) is 1.47. The summed E-state index contributed by atoms with van der Waals surface area (Å²) in [6.07, 6.45) is 4.13. The number of hydrogen-bond acceptors (Lipinski definition) is 5. The predicted molar refractivity (Wildman–Crippen MR) is 107 cm³/mol. The molecule has 1 aliphatic rings. The van der Waals surface area contributed by atoms with Gasteiger partial charge in [0.05, 0.1) is 11.8 Å². The van der Waals surface area contributed by atoms with Crippen molar-refractivity contribution in [2.24, 2.45) is 7.05 Å². The van der Waals surface area contributed by atoms with E-state index in [1.54, 1.807) is 27.7 Å². The van der Waals surface area contributed by atoms with E-state index in [0.717, 1.165) is 36.5 Å². The Morgan fingerprint density at radius 1 is 1.18 bits per heavy atom. The van der Waals surface area contributed by atoms with E-state index in [0.29, 0.717) is 25.2 Å². The monoisotopic (exact) mass is 384 g/mol. The molecule has 8 nitrogen and oxygen atoms in total. The molecule has 0 aromatic carbocycles. The number of nitrogens with zero attached hydrogens (tertiary/aromatic N) is 5. The molecule has 8 heteroatoms. The van der Waals surface area contributed by atoms with Gasteiger partial charge in [0.1, 0.15) is 12.4 Å². The first-order valence-corrected chi connectivity index (χ1v) is 9.67. The first-order chi connectivity index (χ1) is 13.5. The minimum atomic E-state index is -0.141. The molecular formula is C20H28N6O2. The number of aryl methyl sites for hydroxylation is 2. The molecule has 0 radical (unpaired) electrons. The van der Waals surface area contributed by atoms with Crippen LogP contribution in [0, 0.1) is 6.92 Å². The largest absolute Gasteiger partial charge is 0.368 e. The molecule has 0 saturated carbocycles. The third-order valence-corrected chi connectivity index (χ3v) is 5.18. The fraction of sp³-hybridized carbons (Fsp3) is 0.500. The summed E-state index contributed by atoms with van der Waals surface area (Å²) in [6.45, 7) is 3.62. The SMILES string of the molecule is Cc1c(C(=O)N2CCCCc3cccc(n3)NCCN(C)C(=O)C2)cnn1C. The zero-order chi connectivity index (χ0) is 20.1. The maximum absolute atomic E-state index is 13.0. The van der Waals surface area contributed by atoms with Crippen molar-refractivity contribution in [3.63, 3.8) is 0 Å². The normalized spacial score (nSPS) is 16.5. The lowest BCUT2D eigenvalue weighted by atomic mass is 10.1. The number of likely N-dealkylation sites (N-methyl/N-ethyl adjacent to an activating group) is 1. The van der Waals surface area contributed by atoms with Gasteiger partial charge < -0.3 is 15.1 Å². The summed E-state index contributed by atoms with van der Waals surface area (Å²) >= 11 is 0. The molecule has 2 aromatic heterocycles. The van der Waals surface area contributed by atoms with Crippen molar-refractivity contribution >= 4 is 17.6 Å². The van der Waals surface area contributed by atoms with Gasteiger partial charge in [0.2, 0.25) is 5.91 Å². The zero-order valence-electron chi connectivity index (χ0n) is 16.8. The Hall–Kier alpha value is -2.90. The van der Waals surface area contributed by atoms with E-state index in [4.69, 9.17) is 0 Å². The lowest BCUT2D eigenvalue weighted by Crippen LogP contribution is -2.43. The summed E-state index contributed by atoms with van der Waals surface area (Å²) in [4.78, 5) is 33.6. The van der Waals surface area contributed by atoms with Crippen LogP contribution in [0.15, 0.2) is 24.4 Å². The molecule has 2 bridgehead atoms. The van der Waals surface area contributed by atoms with Gasteiger partial charge in [0, 0.05) is 45.1 Å². The summed E-state index contributed by atoms with van der Waals surface area (Å²) in [7, 11) is 3.57. The van der Waals surface area contributed by atoms with Crippen LogP contribution in [0.25, 0.3) is 0 Å². The Labute approximate surface area is 165 Å². The molecule has 0 unspecified atom stereocenters. The van der Waals surface area contributed by atoms with Gasteiger partial charge in [-0.1, -0.05) is 6.07 Å². The van der Waals surface area contributed by atoms with Gasteiger partial charge in [-0.2, -0.15) is 5.10 Å². The third-order valence-electron chi connectivity index (χ3n) is 5.18. The minimum Gasteiger partial charge on any atom is -0.368 e. The van der Waals surface area contributed by atoms with E-state index in [1.165, 1.54) is 0 Å². The molecule has 1 N–H and O–H groups in total. The number of carbonyl (C=O) groups excluding carboxylic acids is 2. The Kier molecular flexibility index (Phi) is 6.28. The number of hydrogen-bond donors (Lipinski definition) is 1. The maximum Gasteiger partial charge on any atom is 0.257 e. The fourth-order valence-corrected chi connectivity index (χ4v) is 3.22. The number of amides is 2. The van der Waals surface area contributed by atoms with Crippen molar-refractivity contribution in [1.82, 2.24) is 24.6 Å². The fourth-order valence-electron chi connectivity index (χ4n) is 3.22. The van der Waals surface area contributed by atoms with Gasteiger partial charge in [-0.05, 0) is 38.3 Å². The second kappa shape index (κ2) is 8.86. The Morgan fingerprint density at radius 3 is 2.75 bits per heavy atom. The van der Waals surface area contributed by atoms with Crippen molar-refractivity contribution in [2.45, 2.75) is 26.2 Å². The molecule has 0 spiro atoms. The molecule has 0 fully saturated rings. The second-order valence-electron chi connectivity index (χ2n) is 7.21. The van der Waals surface area contributed by atoms with Gasteiger partial charge in [0.25, 0.3) is 5.91 Å². The molecule has 3 heterocycles. The van der Waals surface area contributed by atoms with Crippen molar-refractivity contribution < 1.29 is 9.59 Å². The topological polar surface area (TPSA) is 83.4 Å². The Balaban J connectivity index is 1.77. The highest BCUT2D eigenvalue weighted by atomic mass is 16.2. The van der Waals surface area contributed by atoms with Gasteiger partial charge in [-0.25, -0.2) is 4.98 Å². The van der Waals surface area contributed by atoms with E-state index in [2.05, 4.69) is 15.4 Å². The highest BCUT2D eigenvalue weighted by Gasteiger charge is 2.23. The first kappa shape index (κ1) is 19.9. The summed E-state index contributed by atoms with van der Waals surface area (Å²) in [6, 6.07) is 5.95. The molecule has 28 heavy (non-hydrogen) atoms. The van der Waals surface area contributed by atoms with Crippen LogP contribution in [0.1, 0.15) is 34.6 Å². The first-order valence-electron chi connectivity index (χ1n) is 9.67. The number of nitrogens with one attached hydrogen (secondary N) is 1. The van der Waals surface area contributed by atoms with Crippen molar-refractivity contribution in [3.05, 3.63) is 41.3 Å². The van der Waals surface area contributed by atoms with Gasteiger partial charge in [0.15, 0.2) is 0 Å². The lowest BCUT2D eigenvalue weighted by Gasteiger charge is -2.26. The number of carbonyl (C=O) groups is 2. The van der Waals surface area contributed by atoms with Crippen LogP contribution in [0.2, 0.25) is 0 Å². The maximum atomic E-state index is 13.0. The highest BCUT2D eigenvalue weighted by Crippen LogP contribution is 2.13. The smallest absolute Gasteiger partial charge is 0.257 e. The number of rotatable bonds is 1. The molecule has 3 rings (SSSR count). The Morgan fingerprint density at radius 2 is 2.00 bits per heavy atom. The average Bonchev–Trinajstić information content (AvgIpc) is 3.02. The van der Waals surface area contributed by atoms with E-state index >= 15 is 0 Å². The number of aromatic nitrogens is 3. The standard InChI is InChI=1S/C20H28N6O2/c1-15-17(13-22-25(15)3)20(28)26-11-5-4-7-16-8-6-9-18(23-16)21-10-12-24(2)19(27)14-26/h6,8-9,13H,4-5,7,10-12,14H2,1-3H3,(H,21,23). The third kappa shape index (κ3) is 4.68. The van der Waals surface area contributed by atoms with Gasteiger partial charge in [-0.3, -0.25) is 14.3 Å². The lowest BCUT2D eigenvalue weighted by molar-refractivity contribution is -0.130. The molecule has 0 saturated heterocycles. The van der Waals surface area contributed by atoms with Crippen LogP contribution in [0.4, 0.5) is 5.82 Å². The van der Waals surface area contributed by atoms with Gasteiger partial charge >= 0.3 is 0 Å². The van der Waals surface area contributed by atoms with E-state index in [-0.39, 0.29) is 18.4 Å². The van der Waals surface area contributed by atoms with E-state index < -0.39 is 0 Å². The molecule has 2 aromatic rings. The van der Waals surface area contributed by atoms with Crippen LogP contribution >= 0.6 is 0 Å². The highest BCUT2D eigenvalue weighted by molar-refractivity contribution is 5.97. The Bertz CT molecular complexity index is 847. The average molecular weight is 384 g/mol. The molecule has 0 aliphatic carbocycles.